The van der Waals surface area contributed by atoms with E-state index in [1.54, 1.807) is 18.5 Å². The number of nitrogen functional groups attached to an aromatic ring is 1. The Balaban J connectivity index is 2.09. The number of hydrogen-bond acceptors (Lipinski definition) is 3. The molecule has 2 aromatic carbocycles. The molecule has 0 bridgehead atoms. The maximum Gasteiger partial charge on any atom is 0.125 e. The van der Waals surface area contributed by atoms with E-state index >= 15 is 0 Å². The summed E-state index contributed by atoms with van der Waals surface area (Å²) in [7, 11) is 0. The molecule has 3 nitrogen and oxygen atoms in total. The van der Waals surface area contributed by atoms with Crippen molar-refractivity contribution in [3.63, 3.8) is 0 Å². The molecule has 0 spiro atoms. The Bertz CT molecular complexity index is 740. The van der Waals surface area contributed by atoms with Crippen molar-refractivity contribution in [1.29, 1.82) is 0 Å². The zero-order valence-corrected chi connectivity index (χ0v) is 10.1. The van der Waals surface area contributed by atoms with Gasteiger partial charge in [0.25, 0.3) is 0 Å². The lowest BCUT2D eigenvalue weighted by molar-refractivity contribution is 0.628. The predicted octanol–water partition coefficient (Wildman–Crippen LogP) is 3.70. The summed E-state index contributed by atoms with van der Waals surface area (Å²) in [6.07, 6.45) is 3.44. The number of pyridine rings is 1. The van der Waals surface area contributed by atoms with Crippen LogP contribution >= 0.6 is 0 Å². The molecule has 0 unspecified atom stereocenters. The highest BCUT2D eigenvalue weighted by atomic mass is 19.1. The van der Waals surface area contributed by atoms with Crippen molar-refractivity contribution in [2.75, 3.05) is 11.1 Å². The molecule has 1 heterocycles. The fraction of sp³-hybridized carbons (Fsp3) is 0. The van der Waals surface area contributed by atoms with Gasteiger partial charge < -0.3 is 11.1 Å². The SMILES string of the molecule is Nc1ccc(Nc2cccc(F)c2)c2cnccc12. The maximum atomic E-state index is 13.2. The first kappa shape index (κ1) is 11.5. The summed E-state index contributed by atoms with van der Waals surface area (Å²) >= 11 is 0. The van der Waals surface area contributed by atoms with Gasteiger partial charge in [-0.25, -0.2) is 4.39 Å². The Kier molecular flexibility index (Phi) is 2.76. The summed E-state index contributed by atoms with van der Waals surface area (Å²) < 4.78 is 13.2. The van der Waals surface area contributed by atoms with Crippen molar-refractivity contribution in [2.45, 2.75) is 0 Å². The standard InChI is InChI=1S/C15H12FN3/c16-10-2-1-3-11(8-10)19-15-5-4-14(17)12-6-7-18-9-13(12)15/h1-9,19H,17H2. The molecular formula is C15H12FN3. The molecule has 3 rings (SSSR count). The average Bonchev–Trinajstić information content (AvgIpc) is 2.42. The van der Waals surface area contributed by atoms with Crippen LogP contribution in [0.4, 0.5) is 21.5 Å². The number of fused-ring (bicyclic) bond motifs is 1. The number of nitrogens with zero attached hydrogens (tertiary/aromatic N) is 1. The fourth-order valence-corrected chi connectivity index (χ4v) is 2.04. The molecule has 94 valence electrons. The zero-order chi connectivity index (χ0) is 13.2. The van der Waals surface area contributed by atoms with Crippen molar-refractivity contribution in [3.8, 4) is 0 Å². The molecule has 0 radical (unpaired) electrons. The summed E-state index contributed by atoms with van der Waals surface area (Å²) in [6.45, 7) is 0. The van der Waals surface area contributed by atoms with E-state index in [1.165, 1.54) is 12.1 Å². The van der Waals surface area contributed by atoms with Crippen LogP contribution in [0.2, 0.25) is 0 Å². The first-order chi connectivity index (χ1) is 9.24. The Morgan fingerprint density at radius 3 is 2.79 bits per heavy atom. The van der Waals surface area contributed by atoms with Gasteiger partial charge in [0, 0.05) is 40.2 Å². The average molecular weight is 253 g/mol. The minimum atomic E-state index is -0.275. The zero-order valence-electron chi connectivity index (χ0n) is 10.1. The lowest BCUT2D eigenvalue weighted by Gasteiger charge is -2.11. The second-order valence-corrected chi connectivity index (χ2v) is 4.26. The largest absolute Gasteiger partial charge is 0.398 e. The van der Waals surface area contributed by atoms with Gasteiger partial charge in [-0.3, -0.25) is 4.98 Å². The van der Waals surface area contributed by atoms with Crippen LogP contribution in [0.25, 0.3) is 10.8 Å². The van der Waals surface area contributed by atoms with Crippen molar-refractivity contribution < 1.29 is 4.39 Å². The lowest BCUT2D eigenvalue weighted by atomic mass is 10.1. The number of hydrogen-bond donors (Lipinski definition) is 2. The predicted molar refractivity (Wildman–Crippen MR) is 75.8 cm³/mol. The Morgan fingerprint density at radius 1 is 1.05 bits per heavy atom. The summed E-state index contributed by atoms with van der Waals surface area (Å²) in [5, 5.41) is 5.02. The molecule has 1 aromatic heterocycles. The molecule has 19 heavy (non-hydrogen) atoms. The van der Waals surface area contributed by atoms with Gasteiger partial charge in [-0.05, 0) is 36.4 Å². The summed E-state index contributed by atoms with van der Waals surface area (Å²) in [6, 6.07) is 11.9. The van der Waals surface area contributed by atoms with E-state index < -0.39 is 0 Å². The van der Waals surface area contributed by atoms with Crippen LogP contribution in [0.3, 0.4) is 0 Å². The van der Waals surface area contributed by atoms with E-state index in [4.69, 9.17) is 5.73 Å². The molecule has 3 N–H and O–H groups in total. The quantitative estimate of drug-likeness (QED) is 0.685. The van der Waals surface area contributed by atoms with Crippen LogP contribution in [0.5, 0.6) is 0 Å². The van der Waals surface area contributed by atoms with Gasteiger partial charge in [0.15, 0.2) is 0 Å². The highest BCUT2D eigenvalue weighted by Gasteiger charge is 2.04. The van der Waals surface area contributed by atoms with E-state index in [0.29, 0.717) is 11.4 Å². The Labute approximate surface area is 109 Å². The highest BCUT2D eigenvalue weighted by Crippen LogP contribution is 2.29. The maximum absolute atomic E-state index is 13.2. The number of halogens is 1. The smallest absolute Gasteiger partial charge is 0.125 e. The van der Waals surface area contributed by atoms with Crippen LogP contribution < -0.4 is 11.1 Å². The van der Waals surface area contributed by atoms with Crippen molar-refractivity contribution in [2.24, 2.45) is 0 Å². The van der Waals surface area contributed by atoms with Gasteiger partial charge in [-0.2, -0.15) is 0 Å². The first-order valence-corrected chi connectivity index (χ1v) is 5.89. The van der Waals surface area contributed by atoms with Crippen LogP contribution in [0.15, 0.2) is 54.9 Å². The number of nitrogens with two attached hydrogens (primary N) is 1. The van der Waals surface area contributed by atoms with Crippen molar-refractivity contribution in [3.05, 3.63) is 60.7 Å². The van der Waals surface area contributed by atoms with Crippen LogP contribution in [-0.4, -0.2) is 4.98 Å². The summed E-state index contributed by atoms with van der Waals surface area (Å²) in [5.41, 5.74) is 8.16. The fourth-order valence-electron chi connectivity index (χ4n) is 2.04. The molecule has 0 aliphatic carbocycles. The minimum absolute atomic E-state index is 0.275. The van der Waals surface area contributed by atoms with Crippen LogP contribution in [-0.2, 0) is 0 Å². The number of nitrogens with one attached hydrogen (secondary N) is 1. The topological polar surface area (TPSA) is 50.9 Å². The van der Waals surface area contributed by atoms with Gasteiger partial charge in [0.2, 0.25) is 0 Å². The molecule has 0 aliphatic rings. The van der Waals surface area contributed by atoms with Gasteiger partial charge >= 0.3 is 0 Å². The number of aromatic nitrogens is 1. The van der Waals surface area contributed by atoms with Gasteiger partial charge in [0.05, 0.1) is 0 Å². The molecule has 0 atom stereocenters. The Hall–Kier alpha value is -2.62. The van der Waals surface area contributed by atoms with Gasteiger partial charge in [0.1, 0.15) is 5.82 Å². The molecule has 0 saturated heterocycles. The first-order valence-electron chi connectivity index (χ1n) is 5.89. The van der Waals surface area contributed by atoms with Crippen LogP contribution in [0.1, 0.15) is 0 Å². The van der Waals surface area contributed by atoms with Crippen LogP contribution in [0, 0.1) is 5.82 Å². The third kappa shape index (κ3) is 2.20. The molecule has 0 saturated carbocycles. The van der Waals surface area contributed by atoms with Crippen molar-refractivity contribution in [1.82, 2.24) is 4.98 Å². The normalized spacial score (nSPS) is 10.6. The molecule has 4 heteroatoms. The molecule has 3 aromatic rings. The Morgan fingerprint density at radius 2 is 1.95 bits per heavy atom. The van der Waals surface area contributed by atoms with E-state index in [9.17, 15) is 4.39 Å². The van der Waals surface area contributed by atoms with E-state index in [2.05, 4.69) is 10.3 Å². The lowest BCUT2D eigenvalue weighted by Crippen LogP contribution is -1.95. The van der Waals surface area contributed by atoms with E-state index in [0.717, 1.165) is 16.5 Å². The van der Waals surface area contributed by atoms with E-state index in [1.807, 2.05) is 24.3 Å². The van der Waals surface area contributed by atoms with Gasteiger partial charge in [-0.15, -0.1) is 0 Å². The van der Waals surface area contributed by atoms with Gasteiger partial charge in [-0.1, -0.05) is 6.07 Å². The third-order valence-electron chi connectivity index (χ3n) is 2.96. The molecule has 0 amide bonds. The van der Waals surface area contributed by atoms with E-state index in [-0.39, 0.29) is 5.82 Å². The summed E-state index contributed by atoms with van der Waals surface area (Å²) in [5.74, 6) is -0.275. The number of anilines is 3. The number of benzene rings is 2. The number of rotatable bonds is 2. The second-order valence-electron chi connectivity index (χ2n) is 4.26. The van der Waals surface area contributed by atoms with Crippen molar-refractivity contribution >= 4 is 27.8 Å². The highest BCUT2D eigenvalue weighted by molar-refractivity contribution is 6.01. The minimum Gasteiger partial charge on any atom is -0.398 e. The molecule has 0 fully saturated rings. The second kappa shape index (κ2) is 4.57. The summed E-state index contributed by atoms with van der Waals surface area (Å²) in [4.78, 5) is 4.10. The molecular weight excluding hydrogens is 241 g/mol. The molecule has 0 aliphatic heterocycles. The third-order valence-corrected chi connectivity index (χ3v) is 2.96. The monoisotopic (exact) mass is 253 g/mol.